The van der Waals surface area contributed by atoms with E-state index in [1.54, 1.807) is 12.3 Å². The Morgan fingerprint density at radius 3 is 3.06 bits per heavy atom. The Bertz CT molecular complexity index is 393. The second kappa shape index (κ2) is 4.49. The third-order valence-corrected chi connectivity index (χ3v) is 3.02. The highest BCUT2D eigenvalue weighted by Gasteiger charge is 2.32. The zero-order valence-electron chi connectivity index (χ0n) is 9.23. The van der Waals surface area contributed by atoms with Crippen molar-refractivity contribution in [1.29, 1.82) is 0 Å². The zero-order chi connectivity index (χ0) is 11.5. The molecule has 0 aromatic carbocycles. The molecule has 2 atom stereocenters. The van der Waals surface area contributed by atoms with Gasteiger partial charge in [-0.25, -0.2) is 0 Å². The number of aromatic nitrogens is 1. The summed E-state index contributed by atoms with van der Waals surface area (Å²) in [7, 11) is 0. The predicted octanol–water partition coefficient (Wildman–Crippen LogP) is 0.753. The summed E-state index contributed by atoms with van der Waals surface area (Å²) in [6.45, 7) is 2.92. The fraction of sp³-hybridized carbons (Fsp3) is 0.455. The average molecular weight is 220 g/mol. The molecule has 1 aliphatic rings. The van der Waals surface area contributed by atoms with Crippen LogP contribution in [0.4, 0.5) is 5.69 Å². The van der Waals surface area contributed by atoms with Crippen LogP contribution in [0.5, 0.6) is 0 Å². The van der Waals surface area contributed by atoms with Gasteiger partial charge in [0, 0.05) is 18.9 Å². The van der Waals surface area contributed by atoms with Crippen LogP contribution < -0.4 is 16.6 Å². The van der Waals surface area contributed by atoms with Gasteiger partial charge in [-0.15, -0.1) is 0 Å². The number of anilines is 1. The molecule has 1 aromatic rings. The molecule has 0 saturated heterocycles. The number of nitrogens with two attached hydrogens (primary N) is 1. The number of hydrazine groups is 1. The van der Waals surface area contributed by atoms with E-state index in [-0.39, 0.29) is 5.91 Å². The molecule has 0 spiro atoms. The second-order valence-corrected chi connectivity index (χ2v) is 4.25. The molecule has 1 heterocycles. The minimum Gasteiger partial charge on any atom is -0.352 e. The van der Waals surface area contributed by atoms with Gasteiger partial charge in [0.15, 0.2) is 0 Å². The van der Waals surface area contributed by atoms with E-state index in [1.807, 2.05) is 0 Å². The molecule has 1 amide bonds. The molecule has 4 N–H and O–H groups in total. The van der Waals surface area contributed by atoms with Crippen molar-refractivity contribution < 1.29 is 4.79 Å². The molecule has 1 aromatic heterocycles. The summed E-state index contributed by atoms with van der Waals surface area (Å²) in [4.78, 5) is 15.7. The summed E-state index contributed by atoms with van der Waals surface area (Å²) in [5, 5.41) is 2.89. The SMILES string of the molecule is CC1CC1CNC(=O)c1cnccc1NN. The highest BCUT2D eigenvalue weighted by Crippen LogP contribution is 2.36. The summed E-state index contributed by atoms with van der Waals surface area (Å²) in [5.74, 6) is 6.57. The number of carbonyl (C=O) groups is 1. The standard InChI is InChI=1S/C11H16N4O/c1-7-4-8(7)5-14-11(16)9-6-13-3-2-10(9)15-12/h2-3,6-8H,4-5,12H2,1H3,(H,13,15)(H,14,16). The number of hydrogen-bond acceptors (Lipinski definition) is 4. The Hall–Kier alpha value is -1.62. The first-order valence-corrected chi connectivity index (χ1v) is 5.41. The molecule has 1 fully saturated rings. The number of amides is 1. The van der Waals surface area contributed by atoms with Crippen LogP contribution >= 0.6 is 0 Å². The fourth-order valence-electron chi connectivity index (χ4n) is 1.70. The highest BCUT2D eigenvalue weighted by atomic mass is 16.1. The van der Waals surface area contributed by atoms with Crippen molar-refractivity contribution in [1.82, 2.24) is 10.3 Å². The number of rotatable bonds is 4. The van der Waals surface area contributed by atoms with Gasteiger partial charge in [-0.2, -0.15) is 0 Å². The van der Waals surface area contributed by atoms with E-state index in [2.05, 4.69) is 22.7 Å². The Balaban J connectivity index is 1.97. The van der Waals surface area contributed by atoms with Gasteiger partial charge < -0.3 is 10.7 Å². The van der Waals surface area contributed by atoms with Crippen LogP contribution in [0.25, 0.3) is 0 Å². The molecule has 0 bridgehead atoms. The summed E-state index contributed by atoms with van der Waals surface area (Å²) >= 11 is 0. The van der Waals surface area contributed by atoms with E-state index in [9.17, 15) is 4.79 Å². The molecule has 1 saturated carbocycles. The van der Waals surface area contributed by atoms with Crippen molar-refractivity contribution in [2.75, 3.05) is 12.0 Å². The lowest BCUT2D eigenvalue weighted by atomic mass is 10.2. The number of nitrogen functional groups attached to an aromatic ring is 1. The molecule has 2 rings (SSSR count). The van der Waals surface area contributed by atoms with Crippen molar-refractivity contribution in [2.24, 2.45) is 17.7 Å². The minimum absolute atomic E-state index is 0.125. The topological polar surface area (TPSA) is 80.0 Å². The number of nitrogens with one attached hydrogen (secondary N) is 2. The van der Waals surface area contributed by atoms with E-state index in [0.29, 0.717) is 17.2 Å². The van der Waals surface area contributed by atoms with Crippen LogP contribution in [0.1, 0.15) is 23.7 Å². The van der Waals surface area contributed by atoms with Crippen molar-refractivity contribution >= 4 is 11.6 Å². The van der Waals surface area contributed by atoms with Crippen molar-refractivity contribution in [3.05, 3.63) is 24.0 Å². The summed E-state index contributed by atoms with van der Waals surface area (Å²) in [6.07, 6.45) is 4.31. The lowest BCUT2D eigenvalue weighted by Crippen LogP contribution is -2.27. The van der Waals surface area contributed by atoms with Gasteiger partial charge >= 0.3 is 0 Å². The first-order chi connectivity index (χ1) is 7.72. The molecule has 2 unspecified atom stereocenters. The van der Waals surface area contributed by atoms with Gasteiger partial charge in [0.1, 0.15) is 0 Å². The van der Waals surface area contributed by atoms with Gasteiger partial charge in [-0.05, 0) is 24.3 Å². The Labute approximate surface area is 94.4 Å². The third-order valence-electron chi connectivity index (χ3n) is 3.02. The second-order valence-electron chi connectivity index (χ2n) is 4.25. The molecule has 5 heteroatoms. The van der Waals surface area contributed by atoms with Gasteiger partial charge in [-0.3, -0.25) is 15.6 Å². The number of hydrogen-bond donors (Lipinski definition) is 3. The van der Waals surface area contributed by atoms with Crippen LogP contribution in [0.15, 0.2) is 18.5 Å². The molecule has 5 nitrogen and oxygen atoms in total. The van der Waals surface area contributed by atoms with Crippen LogP contribution in [-0.4, -0.2) is 17.4 Å². The predicted molar refractivity (Wildman–Crippen MR) is 61.7 cm³/mol. The van der Waals surface area contributed by atoms with E-state index in [1.165, 1.54) is 12.6 Å². The van der Waals surface area contributed by atoms with Crippen LogP contribution in [-0.2, 0) is 0 Å². The number of pyridine rings is 1. The Morgan fingerprint density at radius 1 is 1.69 bits per heavy atom. The molecule has 1 aliphatic carbocycles. The molecule has 16 heavy (non-hydrogen) atoms. The molecule has 86 valence electrons. The summed E-state index contributed by atoms with van der Waals surface area (Å²) in [5.41, 5.74) is 3.57. The van der Waals surface area contributed by atoms with Crippen LogP contribution in [0, 0.1) is 11.8 Å². The quantitative estimate of drug-likeness (QED) is 0.517. The molecule has 0 radical (unpaired) electrons. The lowest BCUT2D eigenvalue weighted by Gasteiger charge is -2.08. The van der Waals surface area contributed by atoms with E-state index in [0.717, 1.165) is 12.5 Å². The Morgan fingerprint density at radius 2 is 2.44 bits per heavy atom. The van der Waals surface area contributed by atoms with Gasteiger partial charge in [0.25, 0.3) is 5.91 Å². The first kappa shape index (κ1) is 10.9. The normalized spacial score (nSPS) is 22.6. The highest BCUT2D eigenvalue weighted by molar-refractivity contribution is 5.99. The van der Waals surface area contributed by atoms with Gasteiger partial charge in [0.2, 0.25) is 0 Å². The van der Waals surface area contributed by atoms with E-state index < -0.39 is 0 Å². The maximum absolute atomic E-state index is 11.8. The monoisotopic (exact) mass is 220 g/mol. The fourth-order valence-corrected chi connectivity index (χ4v) is 1.70. The van der Waals surface area contributed by atoms with Gasteiger partial charge in [0.05, 0.1) is 11.3 Å². The van der Waals surface area contributed by atoms with Gasteiger partial charge in [-0.1, -0.05) is 6.92 Å². The van der Waals surface area contributed by atoms with Crippen molar-refractivity contribution in [3.63, 3.8) is 0 Å². The van der Waals surface area contributed by atoms with E-state index in [4.69, 9.17) is 5.84 Å². The minimum atomic E-state index is -0.125. The average Bonchev–Trinajstić information content (AvgIpc) is 3.02. The number of nitrogens with zero attached hydrogens (tertiary/aromatic N) is 1. The van der Waals surface area contributed by atoms with E-state index >= 15 is 0 Å². The zero-order valence-corrected chi connectivity index (χ0v) is 9.23. The number of carbonyl (C=O) groups excluding carboxylic acids is 1. The van der Waals surface area contributed by atoms with Crippen LogP contribution in [0.3, 0.4) is 0 Å². The molecular formula is C11H16N4O. The first-order valence-electron chi connectivity index (χ1n) is 5.41. The third kappa shape index (κ3) is 2.30. The molecule has 0 aliphatic heterocycles. The summed E-state index contributed by atoms with van der Waals surface area (Å²) < 4.78 is 0. The maximum Gasteiger partial charge on any atom is 0.255 e. The Kier molecular flexibility index (Phi) is 3.05. The summed E-state index contributed by atoms with van der Waals surface area (Å²) in [6, 6.07) is 1.68. The van der Waals surface area contributed by atoms with Crippen molar-refractivity contribution in [3.8, 4) is 0 Å². The van der Waals surface area contributed by atoms with Crippen molar-refractivity contribution in [2.45, 2.75) is 13.3 Å². The maximum atomic E-state index is 11.8. The van der Waals surface area contributed by atoms with Crippen LogP contribution in [0.2, 0.25) is 0 Å². The smallest absolute Gasteiger partial charge is 0.255 e. The largest absolute Gasteiger partial charge is 0.352 e. The lowest BCUT2D eigenvalue weighted by molar-refractivity contribution is 0.0952. The molecular weight excluding hydrogens is 204 g/mol.